The number of amides is 1. The molecular formula is C12H20N4O4. The third-order valence-electron chi connectivity index (χ3n) is 2.77. The second kappa shape index (κ2) is 7.49. The first-order chi connectivity index (χ1) is 9.51. The fourth-order valence-corrected chi connectivity index (χ4v) is 1.70. The van der Waals surface area contributed by atoms with E-state index >= 15 is 0 Å². The molecule has 0 radical (unpaired) electrons. The molecule has 8 heteroatoms. The molecule has 0 unspecified atom stereocenters. The van der Waals surface area contributed by atoms with Crippen LogP contribution in [0.5, 0.6) is 0 Å². The second-order valence-corrected chi connectivity index (χ2v) is 4.13. The van der Waals surface area contributed by atoms with E-state index in [2.05, 4.69) is 15.0 Å². The fourth-order valence-electron chi connectivity index (χ4n) is 1.70. The normalized spacial score (nSPS) is 10.3. The van der Waals surface area contributed by atoms with Crippen LogP contribution in [0.3, 0.4) is 0 Å². The average molecular weight is 284 g/mol. The Morgan fingerprint density at radius 3 is 2.70 bits per heavy atom. The largest absolute Gasteiger partial charge is 0.464 e. The molecular weight excluding hydrogens is 264 g/mol. The topological polar surface area (TPSA) is 108 Å². The van der Waals surface area contributed by atoms with E-state index in [1.54, 1.807) is 18.6 Å². The van der Waals surface area contributed by atoms with Crippen LogP contribution in [-0.4, -0.2) is 48.8 Å². The minimum absolute atomic E-state index is 0.0739. The Bertz CT molecular complexity index is 484. The van der Waals surface area contributed by atoms with Crippen molar-refractivity contribution < 1.29 is 19.1 Å². The molecule has 112 valence electrons. The van der Waals surface area contributed by atoms with Gasteiger partial charge in [0.15, 0.2) is 5.69 Å². The number of carbonyl (C=O) groups excluding carboxylic acids is 2. The lowest BCUT2D eigenvalue weighted by Gasteiger charge is -2.08. The van der Waals surface area contributed by atoms with Crippen molar-refractivity contribution in [1.82, 2.24) is 14.9 Å². The number of hydrogen-bond donors (Lipinski definition) is 2. The van der Waals surface area contributed by atoms with E-state index in [0.29, 0.717) is 25.5 Å². The Kier molecular flexibility index (Phi) is 5.98. The summed E-state index contributed by atoms with van der Waals surface area (Å²) < 4.78 is 11.0. The number of esters is 1. The molecule has 1 aromatic rings. The van der Waals surface area contributed by atoms with Crippen molar-refractivity contribution in [2.24, 2.45) is 0 Å². The van der Waals surface area contributed by atoms with Crippen molar-refractivity contribution in [2.45, 2.75) is 19.9 Å². The molecule has 0 spiro atoms. The van der Waals surface area contributed by atoms with Gasteiger partial charge in [-0.2, -0.15) is 0 Å². The molecule has 0 aliphatic rings. The minimum atomic E-state index is -0.589. The summed E-state index contributed by atoms with van der Waals surface area (Å²) in [5, 5.41) is 2.70. The quantitative estimate of drug-likeness (QED) is 0.526. The average Bonchev–Trinajstić information content (AvgIpc) is 2.71. The maximum atomic E-state index is 11.6. The van der Waals surface area contributed by atoms with Gasteiger partial charge >= 0.3 is 5.97 Å². The second-order valence-electron chi connectivity index (χ2n) is 4.13. The van der Waals surface area contributed by atoms with Crippen molar-refractivity contribution in [3.63, 3.8) is 0 Å². The van der Waals surface area contributed by atoms with E-state index in [1.807, 2.05) is 0 Å². The first kappa shape index (κ1) is 16.0. The monoisotopic (exact) mass is 284 g/mol. The number of rotatable bonds is 7. The van der Waals surface area contributed by atoms with Crippen LogP contribution in [0.1, 0.15) is 22.7 Å². The lowest BCUT2D eigenvalue weighted by Crippen LogP contribution is -2.28. The van der Waals surface area contributed by atoms with Crippen LogP contribution in [0.15, 0.2) is 0 Å². The number of methoxy groups -OCH3 is 2. The van der Waals surface area contributed by atoms with Crippen molar-refractivity contribution in [3.05, 3.63) is 11.5 Å². The van der Waals surface area contributed by atoms with Crippen LogP contribution >= 0.6 is 0 Å². The number of ether oxygens (including phenoxy) is 2. The molecule has 1 aromatic heterocycles. The molecule has 0 fully saturated rings. The van der Waals surface area contributed by atoms with Crippen LogP contribution in [0.2, 0.25) is 0 Å². The van der Waals surface area contributed by atoms with Crippen LogP contribution in [-0.2, 0) is 20.8 Å². The summed E-state index contributed by atoms with van der Waals surface area (Å²) in [7, 11) is 2.83. The number of nitrogens with two attached hydrogens (primary N) is 1. The predicted octanol–water partition coefficient (Wildman–Crippen LogP) is -0.287. The molecule has 3 N–H and O–H groups in total. The zero-order valence-corrected chi connectivity index (χ0v) is 11.9. The first-order valence-electron chi connectivity index (χ1n) is 6.17. The third-order valence-corrected chi connectivity index (χ3v) is 2.77. The van der Waals surface area contributed by atoms with Gasteiger partial charge in [0.05, 0.1) is 13.7 Å². The van der Waals surface area contributed by atoms with E-state index in [1.165, 1.54) is 7.11 Å². The summed E-state index contributed by atoms with van der Waals surface area (Å²) in [5.41, 5.74) is 5.91. The highest BCUT2D eigenvalue weighted by atomic mass is 16.5. The molecule has 0 aliphatic heterocycles. The molecule has 0 saturated carbocycles. The fraction of sp³-hybridized carbons (Fsp3) is 0.583. The number of nitrogens with one attached hydrogen (secondary N) is 1. The third kappa shape index (κ3) is 3.95. The molecule has 0 saturated heterocycles. The Hall–Kier alpha value is -2.09. The van der Waals surface area contributed by atoms with E-state index in [9.17, 15) is 9.59 Å². The van der Waals surface area contributed by atoms with E-state index < -0.39 is 5.97 Å². The summed E-state index contributed by atoms with van der Waals surface area (Å²) >= 11 is 0. The molecule has 0 aromatic carbocycles. The Morgan fingerprint density at radius 2 is 2.10 bits per heavy atom. The number of hydrogen-bond acceptors (Lipinski definition) is 6. The van der Waals surface area contributed by atoms with Gasteiger partial charge in [0.25, 0.3) is 0 Å². The standard InChI is InChI=1S/C12H20N4O4/c1-8-15-10(12(18)20-3)11(13)16(8)6-4-9(17)14-5-7-19-2/h4-7,13H2,1-3H3,(H,14,17). The molecule has 1 rings (SSSR count). The number of imidazole rings is 1. The highest BCUT2D eigenvalue weighted by molar-refractivity contribution is 5.92. The summed E-state index contributed by atoms with van der Waals surface area (Å²) in [6, 6.07) is 0. The van der Waals surface area contributed by atoms with Crippen LogP contribution < -0.4 is 11.1 Å². The Morgan fingerprint density at radius 1 is 1.40 bits per heavy atom. The Balaban J connectivity index is 2.62. The lowest BCUT2D eigenvalue weighted by atomic mass is 10.3. The number of carbonyl (C=O) groups is 2. The molecule has 0 aliphatic carbocycles. The van der Waals surface area contributed by atoms with Gasteiger partial charge in [-0.25, -0.2) is 9.78 Å². The molecule has 0 atom stereocenters. The van der Waals surface area contributed by atoms with E-state index in [4.69, 9.17) is 10.5 Å². The van der Waals surface area contributed by atoms with Gasteiger partial charge in [-0.05, 0) is 6.92 Å². The molecule has 20 heavy (non-hydrogen) atoms. The number of nitrogen functional groups attached to an aromatic ring is 1. The highest BCUT2D eigenvalue weighted by Gasteiger charge is 2.19. The van der Waals surface area contributed by atoms with Gasteiger partial charge in [0.1, 0.15) is 11.6 Å². The number of anilines is 1. The van der Waals surface area contributed by atoms with Gasteiger partial charge < -0.3 is 25.1 Å². The molecule has 1 amide bonds. The summed E-state index contributed by atoms with van der Waals surface area (Å²) in [5.74, 6) is 0.0645. The van der Waals surface area contributed by atoms with Crippen molar-refractivity contribution in [2.75, 3.05) is 33.1 Å². The number of aryl methyl sites for hydroxylation is 1. The SMILES string of the molecule is COCCNC(=O)CCn1c(C)nc(C(=O)OC)c1N. The smallest absolute Gasteiger partial charge is 0.360 e. The Labute approximate surface area is 117 Å². The van der Waals surface area contributed by atoms with Gasteiger partial charge in [-0.1, -0.05) is 0 Å². The summed E-state index contributed by atoms with van der Waals surface area (Å²) in [6.45, 7) is 2.98. The van der Waals surface area contributed by atoms with Gasteiger partial charge in [-0.3, -0.25) is 4.79 Å². The van der Waals surface area contributed by atoms with E-state index in [0.717, 1.165) is 0 Å². The lowest BCUT2D eigenvalue weighted by molar-refractivity contribution is -0.121. The van der Waals surface area contributed by atoms with Crippen LogP contribution in [0.25, 0.3) is 0 Å². The van der Waals surface area contributed by atoms with Crippen molar-refractivity contribution in [3.8, 4) is 0 Å². The van der Waals surface area contributed by atoms with Gasteiger partial charge in [-0.15, -0.1) is 0 Å². The zero-order chi connectivity index (χ0) is 15.1. The number of aromatic nitrogens is 2. The van der Waals surface area contributed by atoms with Gasteiger partial charge in [0, 0.05) is 26.6 Å². The predicted molar refractivity (Wildman–Crippen MR) is 72.2 cm³/mol. The van der Waals surface area contributed by atoms with Gasteiger partial charge in [0.2, 0.25) is 5.91 Å². The zero-order valence-electron chi connectivity index (χ0n) is 11.9. The first-order valence-corrected chi connectivity index (χ1v) is 6.17. The minimum Gasteiger partial charge on any atom is -0.464 e. The van der Waals surface area contributed by atoms with Crippen molar-refractivity contribution >= 4 is 17.7 Å². The summed E-state index contributed by atoms with van der Waals surface area (Å²) in [4.78, 5) is 27.1. The maximum absolute atomic E-state index is 11.6. The number of nitrogens with zero attached hydrogens (tertiary/aromatic N) is 2. The van der Waals surface area contributed by atoms with Crippen molar-refractivity contribution in [1.29, 1.82) is 0 Å². The highest BCUT2D eigenvalue weighted by Crippen LogP contribution is 2.15. The molecule has 0 bridgehead atoms. The molecule has 8 nitrogen and oxygen atoms in total. The molecule has 1 heterocycles. The van der Waals surface area contributed by atoms with Crippen LogP contribution in [0.4, 0.5) is 5.82 Å². The van der Waals surface area contributed by atoms with Crippen LogP contribution in [0, 0.1) is 6.92 Å². The van der Waals surface area contributed by atoms with E-state index in [-0.39, 0.29) is 23.8 Å². The summed E-state index contributed by atoms with van der Waals surface area (Å²) in [6.07, 6.45) is 0.242. The maximum Gasteiger partial charge on any atom is 0.360 e.